The molecule has 0 aliphatic carbocycles. The van der Waals surface area contributed by atoms with Crippen LogP contribution in [0, 0.1) is 0 Å². The van der Waals surface area contributed by atoms with Gasteiger partial charge >= 0.3 is 15.2 Å². The maximum atomic E-state index is 10.6. The van der Waals surface area contributed by atoms with Gasteiger partial charge in [-0.3, -0.25) is 9.13 Å². The Morgan fingerprint density at radius 3 is 1.86 bits per heavy atom. The third-order valence-electron chi connectivity index (χ3n) is 1.12. The molecule has 0 bridgehead atoms. The SMILES string of the molecule is O=P(O)(O)C(OCCCCl)P(=O)(O)O. The molecule has 14 heavy (non-hydrogen) atoms. The largest absolute Gasteiger partial charge is 0.366 e. The summed E-state index contributed by atoms with van der Waals surface area (Å²) in [6.45, 7) is -0.218. The monoisotopic (exact) mass is 268 g/mol. The van der Waals surface area contributed by atoms with Crippen LogP contribution in [-0.2, 0) is 13.9 Å². The third-order valence-corrected chi connectivity index (χ3v) is 4.64. The summed E-state index contributed by atoms with van der Waals surface area (Å²) < 4.78 is 25.6. The fraction of sp³-hybridized carbons (Fsp3) is 1.00. The molecule has 0 rings (SSSR count). The zero-order valence-electron chi connectivity index (χ0n) is 6.98. The molecule has 0 aliphatic rings. The molecule has 86 valence electrons. The number of rotatable bonds is 6. The van der Waals surface area contributed by atoms with Crippen LogP contribution in [0.1, 0.15) is 6.42 Å². The number of hydrogen-bond acceptors (Lipinski definition) is 3. The minimum Gasteiger partial charge on any atom is -0.355 e. The summed E-state index contributed by atoms with van der Waals surface area (Å²) in [5.41, 5.74) is -2.39. The number of alkyl halides is 1. The van der Waals surface area contributed by atoms with Gasteiger partial charge in [-0.2, -0.15) is 0 Å². The lowest BCUT2D eigenvalue weighted by molar-refractivity contribution is 0.113. The van der Waals surface area contributed by atoms with E-state index in [0.29, 0.717) is 0 Å². The lowest BCUT2D eigenvalue weighted by Crippen LogP contribution is -2.14. The van der Waals surface area contributed by atoms with Crippen molar-refractivity contribution >= 4 is 26.8 Å². The van der Waals surface area contributed by atoms with E-state index in [1.807, 2.05) is 0 Å². The Morgan fingerprint density at radius 2 is 1.57 bits per heavy atom. The summed E-state index contributed by atoms with van der Waals surface area (Å²) in [6.07, 6.45) is 0.248. The summed E-state index contributed by atoms with van der Waals surface area (Å²) >= 11 is 5.25. The van der Waals surface area contributed by atoms with E-state index in [4.69, 9.17) is 31.2 Å². The van der Waals surface area contributed by atoms with Crippen molar-refractivity contribution < 1.29 is 33.4 Å². The van der Waals surface area contributed by atoms with Crippen molar-refractivity contribution in [3.8, 4) is 0 Å². The molecule has 0 fully saturated rings. The molecule has 0 heterocycles. The number of ether oxygens (including phenoxy) is 1. The van der Waals surface area contributed by atoms with Crippen LogP contribution in [0.15, 0.2) is 0 Å². The van der Waals surface area contributed by atoms with Gasteiger partial charge in [-0.15, -0.1) is 11.6 Å². The highest BCUT2D eigenvalue weighted by Crippen LogP contribution is 2.60. The summed E-state index contributed by atoms with van der Waals surface area (Å²) in [4.78, 5) is 34.3. The second-order valence-electron chi connectivity index (χ2n) is 2.42. The predicted octanol–water partition coefficient (Wildman–Crippen LogP) is 0.271. The van der Waals surface area contributed by atoms with Crippen LogP contribution in [0.3, 0.4) is 0 Å². The Balaban J connectivity index is 4.45. The lowest BCUT2D eigenvalue weighted by Gasteiger charge is -2.19. The summed E-state index contributed by atoms with van der Waals surface area (Å²) in [6, 6.07) is 0. The van der Waals surface area contributed by atoms with Crippen LogP contribution in [0.5, 0.6) is 0 Å². The van der Waals surface area contributed by atoms with Gasteiger partial charge in [0.05, 0.1) is 0 Å². The van der Waals surface area contributed by atoms with Crippen molar-refractivity contribution in [2.75, 3.05) is 12.5 Å². The molecule has 0 radical (unpaired) electrons. The number of hydrogen-bond donors (Lipinski definition) is 4. The predicted molar refractivity (Wildman–Crippen MR) is 49.2 cm³/mol. The van der Waals surface area contributed by atoms with Crippen LogP contribution in [0.2, 0.25) is 0 Å². The Morgan fingerprint density at radius 1 is 1.14 bits per heavy atom. The average molecular weight is 269 g/mol. The Hall–Kier alpha value is 0.550. The second-order valence-corrected chi connectivity index (χ2v) is 6.50. The molecular weight excluding hydrogens is 257 g/mol. The average Bonchev–Trinajstić information content (AvgIpc) is 1.92. The summed E-state index contributed by atoms with van der Waals surface area (Å²) in [7, 11) is -9.93. The topological polar surface area (TPSA) is 124 Å². The van der Waals surface area contributed by atoms with Crippen LogP contribution >= 0.6 is 26.8 Å². The maximum Gasteiger partial charge on any atom is 0.366 e. The van der Waals surface area contributed by atoms with Crippen LogP contribution in [0.25, 0.3) is 0 Å². The fourth-order valence-electron chi connectivity index (χ4n) is 0.633. The molecule has 0 saturated heterocycles. The van der Waals surface area contributed by atoms with Gasteiger partial charge in [0.25, 0.3) is 5.59 Å². The van der Waals surface area contributed by atoms with E-state index in [9.17, 15) is 9.13 Å². The highest BCUT2D eigenvalue weighted by Gasteiger charge is 2.44. The Kier molecular flexibility index (Phi) is 5.80. The van der Waals surface area contributed by atoms with Crippen LogP contribution in [-0.4, -0.2) is 37.6 Å². The van der Waals surface area contributed by atoms with Gasteiger partial charge in [-0.25, -0.2) is 0 Å². The Bertz CT molecular complexity index is 234. The summed E-state index contributed by atoms with van der Waals surface area (Å²) in [5.74, 6) is 0.176. The second kappa shape index (κ2) is 5.58. The molecule has 0 aromatic rings. The lowest BCUT2D eigenvalue weighted by atomic mass is 10.5. The van der Waals surface area contributed by atoms with Gasteiger partial charge in [-0.1, -0.05) is 0 Å². The van der Waals surface area contributed by atoms with Gasteiger partial charge in [0.2, 0.25) is 0 Å². The van der Waals surface area contributed by atoms with Crippen LogP contribution < -0.4 is 0 Å². The van der Waals surface area contributed by atoms with Gasteiger partial charge in [-0.05, 0) is 6.42 Å². The van der Waals surface area contributed by atoms with Crippen molar-refractivity contribution in [1.29, 1.82) is 0 Å². The van der Waals surface area contributed by atoms with Gasteiger partial charge in [0.15, 0.2) is 0 Å². The van der Waals surface area contributed by atoms with E-state index in [-0.39, 0.29) is 18.9 Å². The van der Waals surface area contributed by atoms with Crippen LogP contribution in [0.4, 0.5) is 0 Å². The van der Waals surface area contributed by atoms with Gasteiger partial charge < -0.3 is 24.3 Å². The van der Waals surface area contributed by atoms with Crippen molar-refractivity contribution in [3.05, 3.63) is 0 Å². The standard InChI is InChI=1S/C4H11ClO7P2/c5-2-1-3-12-4(13(6,7)8)14(9,10)11/h4H,1-3H2,(H2,6,7,8)(H2,9,10,11). The molecule has 10 heteroatoms. The van der Waals surface area contributed by atoms with Crippen molar-refractivity contribution in [2.24, 2.45) is 0 Å². The highest BCUT2D eigenvalue weighted by molar-refractivity contribution is 7.70. The van der Waals surface area contributed by atoms with E-state index >= 15 is 0 Å². The van der Waals surface area contributed by atoms with E-state index < -0.39 is 20.8 Å². The van der Waals surface area contributed by atoms with Crippen molar-refractivity contribution in [1.82, 2.24) is 0 Å². The highest BCUT2D eigenvalue weighted by atomic mass is 35.5. The smallest absolute Gasteiger partial charge is 0.355 e. The third kappa shape index (κ3) is 5.44. The zero-order chi connectivity index (χ0) is 11.4. The van der Waals surface area contributed by atoms with E-state index in [1.54, 1.807) is 0 Å². The maximum absolute atomic E-state index is 10.6. The first kappa shape index (κ1) is 14.6. The molecule has 0 saturated carbocycles. The molecular formula is C4H11ClO7P2. The molecule has 0 spiro atoms. The normalized spacial score (nSPS) is 13.6. The quantitative estimate of drug-likeness (QED) is 0.309. The van der Waals surface area contributed by atoms with E-state index in [1.165, 1.54) is 0 Å². The molecule has 7 nitrogen and oxygen atoms in total. The minimum absolute atomic E-state index is 0.176. The van der Waals surface area contributed by atoms with Crippen molar-refractivity contribution in [2.45, 2.75) is 12.0 Å². The molecule has 0 amide bonds. The first-order valence-corrected chi connectivity index (χ1v) is 7.37. The molecule has 0 aromatic carbocycles. The molecule has 4 N–H and O–H groups in total. The minimum atomic E-state index is -4.97. The Labute approximate surface area is 85.4 Å². The molecule has 0 unspecified atom stereocenters. The summed E-state index contributed by atoms with van der Waals surface area (Å²) in [5, 5.41) is 0. The van der Waals surface area contributed by atoms with Gasteiger partial charge in [0, 0.05) is 12.5 Å². The number of halogens is 1. The van der Waals surface area contributed by atoms with Crippen molar-refractivity contribution in [3.63, 3.8) is 0 Å². The first-order chi connectivity index (χ1) is 6.19. The van der Waals surface area contributed by atoms with E-state index in [0.717, 1.165) is 0 Å². The first-order valence-electron chi connectivity index (χ1n) is 3.47. The van der Waals surface area contributed by atoms with Gasteiger partial charge in [0.1, 0.15) is 0 Å². The fourth-order valence-corrected chi connectivity index (χ4v) is 2.91. The molecule has 0 atom stereocenters. The zero-order valence-corrected chi connectivity index (χ0v) is 9.53. The molecule has 0 aromatic heterocycles. The molecule has 0 aliphatic heterocycles. The van der Waals surface area contributed by atoms with E-state index in [2.05, 4.69) is 4.74 Å².